The molecular weight excluding hydrogens is 736 g/mol. The number of alkyl halides is 20. The second kappa shape index (κ2) is 14.0. The van der Waals surface area contributed by atoms with Gasteiger partial charge in [-0.1, -0.05) is 46.0 Å². The van der Waals surface area contributed by atoms with Gasteiger partial charge in [-0.05, 0) is 32.1 Å². The lowest BCUT2D eigenvalue weighted by molar-refractivity contribution is -0.412. The molecule has 0 radical (unpaired) electrons. The van der Waals surface area contributed by atoms with Crippen LogP contribution < -0.4 is 0 Å². The highest BCUT2D eigenvalue weighted by Gasteiger charge is 2.88. The zero-order valence-corrected chi connectivity index (χ0v) is 24.7. The molecule has 0 aliphatic carbocycles. The van der Waals surface area contributed by atoms with E-state index in [4.69, 9.17) is 4.55 Å². The van der Waals surface area contributed by atoms with Gasteiger partial charge in [0, 0.05) is 0 Å². The van der Waals surface area contributed by atoms with Crippen molar-refractivity contribution in [1.82, 2.24) is 0 Å². The first-order valence-corrected chi connectivity index (χ1v) is 14.7. The van der Waals surface area contributed by atoms with E-state index in [1.165, 1.54) is 0 Å². The topological polar surface area (TPSA) is 54.4 Å². The van der Waals surface area contributed by atoms with Crippen LogP contribution in [-0.4, -0.2) is 77.4 Å². The van der Waals surface area contributed by atoms with Crippen LogP contribution in [0.3, 0.4) is 0 Å². The van der Waals surface area contributed by atoms with Gasteiger partial charge in [0.15, 0.2) is 11.3 Å². The standard InChI is InChI=1S/C23H28F20O3S/c1-3-10-14(24,16(26,27)18(30,31)20(34,35)22(38,39)40)11-8-6-5-7-9-12-15(25,13(4-2)47(44,45)46)17(28,29)19(32,33)21(36,37)23(41,42)43/h13H,3-12H2,1-2H3,(H,44,45,46). The zero-order chi connectivity index (χ0) is 38.1. The van der Waals surface area contributed by atoms with E-state index in [0.717, 1.165) is 6.92 Å². The largest absolute Gasteiger partial charge is 0.460 e. The average Bonchev–Trinajstić information content (AvgIpc) is 2.85. The van der Waals surface area contributed by atoms with Gasteiger partial charge < -0.3 is 0 Å². The number of halogens is 20. The van der Waals surface area contributed by atoms with E-state index in [2.05, 4.69) is 0 Å². The maximum Gasteiger partial charge on any atom is 0.460 e. The molecule has 0 aliphatic rings. The van der Waals surface area contributed by atoms with Crippen LogP contribution in [0.15, 0.2) is 0 Å². The summed E-state index contributed by atoms with van der Waals surface area (Å²) in [5, 5.41) is -3.74. The molecule has 47 heavy (non-hydrogen) atoms. The Morgan fingerprint density at radius 1 is 0.468 bits per heavy atom. The monoisotopic (exact) mass is 764 g/mol. The number of hydrogen-bond acceptors (Lipinski definition) is 2. The van der Waals surface area contributed by atoms with Crippen molar-refractivity contribution in [2.75, 3.05) is 0 Å². The smallest absolute Gasteiger partial charge is 0.285 e. The fraction of sp³-hybridized carbons (Fsp3) is 1.00. The lowest BCUT2D eigenvalue weighted by Crippen LogP contribution is -2.70. The van der Waals surface area contributed by atoms with E-state index in [-0.39, 0.29) is 0 Å². The highest BCUT2D eigenvalue weighted by Crippen LogP contribution is 2.60. The maximum absolute atomic E-state index is 15.6. The number of unbranched alkanes of at least 4 members (excludes halogenated alkanes) is 4. The normalized spacial score (nSPS) is 18.5. The molecule has 3 unspecified atom stereocenters. The SMILES string of the molecule is CCCC(F)(CCCCCCCC(F)(C(CC)S(=O)(=O)O)C(F)(F)C(F)(F)C(F)(F)C(F)(F)F)C(F)(F)C(F)(F)C(F)(F)C(F)(F)F. The van der Waals surface area contributed by atoms with Gasteiger partial charge in [-0.15, -0.1) is 0 Å². The van der Waals surface area contributed by atoms with Crippen LogP contribution in [0.4, 0.5) is 87.8 Å². The fourth-order valence-electron chi connectivity index (χ4n) is 4.74. The summed E-state index contributed by atoms with van der Waals surface area (Å²) in [4.78, 5) is 0. The van der Waals surface area contributed by atoms with Gasteiger partial charge in [-0.2, -0.15) is 87.4 Å². The van der Waals surface area contributed by atoms with Gasteiger partial charge in [0.05, 0.1) is 0 Å². The first-order chi connectivity index (χ1) is 20.5. The Balaban J connectivity index is 6.06. The minimum Gasteiger partial charge on any atom is -0.285 e. The van der Waals surface area contributed by atoms with Gasteiger partial charge in [-0.25, -0.2) is 8.78 Å². The molecule has 3 nitrogen and oxygen atoms in total. The van der Waals surface area contributed by atoms with Crippen molar-refractivity contribution in [3.63, 3.8) is 0 Å². The highest BCUT2D eigenvalue weighted by molar-refractivity contribution is 7.86. The number of rotatable bonds is 19. The predicted octanol–water partition coefficient (Wildman–Crippen LogP) is 10.5. The van der Waals surface area contributed by atoms with Crippen LogP contribution in [0.5, 0.6) is 0 Å². The third-order valence-electron chi connectivity index (χ3n) is 7.37. The van der Waals surface area contributed by atoms with Crippen LogP contribution in [0.2, 0.25) is 0 Å². The van der Waals surface area contributed by atoms with E-state index < -0.39 is 139 Å². The highest BCUT2D eigenvalue weighted by atomic mass is 32.2. The van der Waals surface area contributed by atoms with Crippen molar-refractivity contribution >= 4 is 10.1 Å². The van der Waals surface area contributed by atoms with E-state index in [1.54, 1.807) is 0 Å². The van der Waals surface area contributed by atoms with Gasteiger partial charge >= 0.3 is 47.9 Å². The van der Waals surface area contributed by atoms with E-state index in [9.17, 15) is 87.4 Å². The Morgan fingerprint density at radius 2 is 0.809 bits per heavy atom. The summed E-state index contributed by atoms with van der Waals surface area (Å²) in [6, 6.07) is 0. The first kappa shape index (κ1) is 45.5. The average molecular weight is 765 g/mol. The molecule has 0 aliphatic heterocycles. The predicted molar refractivity (Wildman–Crippen MR) is 122 cm³/mol. The third kappa shape index (κ3) is 7.96. The molecule has 0 fully saturated rings. The first-order valence-electron chi connectivity index (χ1n) is 13.2. The molecule has 0 bridgehead atoms. The van der Waals surface area contributed by atoms with Gasteiger partial charge in [0.1, 0.15) is 5.25 Å². The molecule has 0 rings (SSSR count). The van der Waals surface area contributed by atoms with Crippen LogP contribution in [-0.2, 0) is 10.1 Å². The molecule has 3 atom stereocenters. The van der Waals surface area contributed by atoms with Crippen molar-refractivity contribution in [3.05, 3.63) is 0 Å². The Labute approximate surface area is 254 Å². The molecule has 24 heteroatoms. The Kier molecular flexibility index (Phi) is 13.6. The van der Waals surface area contributed by atoms with Crippen molar-refractivity contribution in [2.45, 2.75) is 143 Å². The number of hydrogen-bond donors (Lipinski definition) is 1. The Bertz CT molecular complexity index is 1130. The third-order valence-corrected chi connectivity index (χ3v) is 8.80. The van der Waals surface area contributed by atoms with Gasteiger partial charge in [-0.3, -0.25) is 4.55 Å². The van der Waals surface area contributed by atoms with Gasteiger partial charge in [0.2, 0.25) is 0 Å². The summed E-state index contributed by atoms with van der Waals surface area (Å²) >= 11 is 0. The lowest BCUT2D eigenvalue weighted by Gasteiger charge is -2.43. The second-order valence-corrected chi connectivity index (χ2v) is 12.3. The lowest BCUT2D eigenvalue weighted by atomic mass is 9.80. The molecular formula is C23H28F20O3S. The van der Waals surface area contributed by atoms with E-state index in [0.29, 0.717) is 6.92 Å². The quantitative estimate of drug-likeness (QED) is 0.0810. The van der Waals surface area contributed by atoms with Crippen molar-refractivity contribution in [1.29, 1.82) is 0 Å². The Hall–Kier alpha value is -1.49. The van der Waals surface area contributed by atoms with Crippen molar-refractivity contribution in [2.24, 2.45) is 0 Å². The molecule has 0 aromatic rings. The minimum atomic E-state index is -7.68. The summed E-state index contributed by atoms with van der Waals surface area (Å²) in [6.07, 6.45) is -27.6. The molecule has 284 valence electrons. The van der Waals surface area contributed by atoms with Crippen LogP contribution >= 0.6 is 0 Å². The molecule has 0 heterocycles. The summed E-state index contributed by atoms with van der Waals surface area (Å²) in [6.45, 7) is 1.29. The fourth-order valence-corrected chi connectivity index (χ4v) is 5.90. The molecule has 0 saturated carbocycles. The van der Waals surface area contributed by atoms with Crippen LogP contribution in [0.1, 0.15) is 78.1 Å². The summed E-state index contributed by atoms with van der Waals surface area (Å²) < 4.78 is 304. The minimum absolute atomic E-state index is 0.437. The molecule has 1 N–H and O–H groups in total. The summed E-state index contributed by atoms with van der Waals surface area (Å²) in [7, 11) is -6.23. The maximum atomic E-state index is 15.6. The van der Waals surface area contributed by atoms with Crippen LogP contribution in [0.25, 0.3) is 0 Å². The molecule has 0 spiro atoms. The van der Waals surface area contributed by atoms with Crippen molar-refractivity contribution in [3.8, 4) is 0 Å². The second-order valence-electron chi connectivity index (χ2n) is 10.7. The zero-order valence-electron chi connectivity index (χ0n) is 23.9. The Morgan fingerprint density at radius 3 is 1.13 bits per heavy atom. The molecule has 0 aromatic heterocycles. The molecule has 0 aromatic carbocycles. The van der Waals surface area contributed by atoms with Crippen molar-refractivity contribution < 1.29 is 101 Å². The van der Waals surface area contributed by atoms with Crippen LogP contribution in [0, 0.1) is 0 Å². The van der Waals surface area contributed by atoms with Gasteiger partial charge in [0.25, 0.3) is 10.1 Å². The molecule has 0 saturated heterocycles. The van der Waals surface area contributed by atoms with E-state index in [1.807, 2.05) is 0 Å². The molecule has 0 amide bonds. The summed E-state index contributed by atoms with van der Waals surface area (Å²) in [5.41, 5.74) is -10.3. The van der Waals surface area contributed by atoms with E-state index >= 15 is 8.78 Å². The summed E-state index contributed by atoms with van der Waals surface area (Å²) in [5.74, 6) is -43.9.